The van der Waals surface area contributed by atoms with Crippen molar-refractivity contribution in [2.45, 2.75) is 0 Å². The van der Waals surface area contributed by atoms with Gasteiger partial charge in [-0.05, 0) is 24.3 Å². The molecule has 160 valence electrons. The Bertz CT molecular complexity index is 913. The third kappa shape index (κ3) is 4.16. The van der Waals surface area contributed by atoms with E-state index in [1.165, 1.54) is 64.8 Å². The lowest BCUT2D eigenvalue weighted by molar-refractivity contribution is -0.134. The number of hydrogen-bond donors (Lipinski definition) is 1. The summed E-state index contributed by atoms with van der Waals surface area (Å²) in [6.07, 6.45) is -1.20. The highest BCUT2D eigenvalue weighted by Crippen LogP contribution is 2.56. The Hall–Kier alpha value is -3.32. The maximum absolute atomic E-state index is 13.8. The average Bonchev–Trinajstić information content (AvgIpc) is 2.75. The maximum Gasteiger partial charge on any atom is 0.311 e. The lowest BCUT2D eigenvalue weighted by Crippen LogP contribution is -2.20. The highest BCUT2D eigenvalue weighted by atomic mass is 31.2. The fourth-order valence-corrected chi connectivity index (χ4v) is 4.93. The zero-order valence-electron chi connectivity index (χ0n) is 16.8. The van der Waals surface area contributed by atoms with Gasteiger partial charge in [0.2, 0.25) is 18.2 Å². The minimum Gasteiger partial charge on any atom is -0.496 e. The van der Waals surface area contributed by atoms with Gasteiger partial charge in [-0.2, -0.15) is 0 Å². The summed E-state index contributed by atoms with van der Waals surface area (Å²) in [5, 5.41) is 9.35. The molecule has 2 rings (SSSR count). The number of carbonyl (C=O) groups excluding carboxylic acids is 2. The summed E-state index contributed by atoms with van der Waals surface area (Å²) in [5.41, 5.74) is -2.96. The monoisotopic (exact) mass is 436 g/mol. The fraction of sp³-hybridized carbons (Fsp3) is 0.250. The molecular formula is C20H21O9P. The quantitative estimate of drug-likeness (QED) is 0.559. The Kier molecular flexibility index (Phi) is 7.24. The summed E-state index contributed by atoms with van der Waals surface area (Å²) in [6, 6.07) is 8.71. The van der Waals surface area contributed by atoms with Crippen LogP contribution in [0, 0.1) is 0 Å². The molecule has 0 atom stereocenters. The number of carboxylic acids is 1. The van der Waals surface area contributed by atoms with Crippen molar-refractivity contribution < 1.29 is 43.0 Å². The normalized spacial score (nSPS) is 10.8. The van der Waals surface area contributed by atoms with E-state index in [9.17, 15) is 24.1 Å². The van der Waals surface area contributed by atoms with Gasteiger partial charge in [-0.1, -0.05) is 12.1 Å². The van der Waals surface area contributed by atoms with Crippen molar-refractivity contribution in [2.24, 2.45) is 0 Å². The van der Waals surface area contributed by atoms with E-state index < -0.39 is 30.3 Å². The van der Waals surface area contributed by atoms with E-state index >= 15 is 0 Å². The van der Waals surface area contributed by atoms with Crippen molar-refractivity contribution >= 4 is 24.2 Å². The average molecular weight is 436 g/mol. The van der Waals surface area contributed by atoms with Crippen LogP contribution in [0.5, 0.6) is 23.0 Å². The number of aliphatic carboxylic acids is 1. The van der Waals surface area contributed by atoms with Crippen LogP contribution in [0.3, 0.4) is 0 Å². The molecule has 0 aliphatic carbocycles. The molecule has 2 aromatic rings. The molecule has 30 heavy (non-hydrogen) atoms. The van der Waals surface area contributed by atoms with Gasteiger partial charge in [-0.15, -0.1) is 0 Å². The predicted molar refractivity (Wildman–Crippen MR) is 108 cm³/mol. The maximum atomic E-state index is 13.8. The molecule has 9 nitrogen and oxygen atoms in total. The zero-order valence-corrected chi connectivity index (χ0v) is 17.7. The van der Waals surface area contributed by atoms with E-state index in [0.717, 1.165) is 0 Å². The van der Waals surface area contributed by atoms with Gasteiger partial charge in [-0.25, -0.2) is 0 Å². The van der Waals surface area contributed by atoms with Crippen LogP contribution in [0.2, 0.25) is 0 Å². The minimum absolute atomic E-state index is 0.00949. The molecule has 0 aromatic heterocycles. The number of rotatable bonds is 10. The first-order chi connectivity index (χ1) is 14.2. The Balaban J connectivity index is 2.78. The molecule has 0 spiro atoms. The van der Waals surface area contributed by atoms with Gasteiger partial charge in [-0.3, -0.25) is 14.4 Å². The summed E-state index contributed by atoms with van der Waals surface area (Å²) in [7, 11) is 0.347. The van der Waals surface area contributed by atoms with E-state index in [-0.39, 0.29) is 34.1 Å². The number of hydrogen-bond acceptors (Lipinski definition) is 8. The van der Waals surface area contributed by atoms with Crippen LogP contribution in [-0.4, -0.2) is 56.7 Å². The van der Waals surface area contributed by atoms with Gasteiger partial charge in [0.05, 0.1) is 28.4 Å². The molecule has 0 saturated heterocycles. The Morgan fingerprint density at radius 1 is 0.733 bits per heavy atom. The zero-order chi connectivity index (χ0) is 22.5. The number of benzene rings is 2. The molecule has 0 radical (unpaired) electrons. The Labute approximate surface area is 172 Å². The highest BCUT2D eigenvalue weighted by Gasteiger charge is 2.47. The largest absolute Gasteiger partial charge is 0.496 e. The van der Waals surface area contributed by atoms with E-state index in [4.69, 9.17) is 18.9 Å². The number of ether oxygens (including phenoxy) is 4. The van der Waals surface area contributed by atoms with Crippen molar-refractivity contribution in [1.29, 1.82) is 0 Å². The van der Waals surface area contributed by atoms with Crippen molar-refractivity contribution in [3.05, 3.63) is 47.5 Å². The Morgan fingerprint density at radius 3 is 1.27 bits per heavy atom. The number of carboxylic acid groups (broad SMARTS) is 1. The molecule has 0 amide bonds. The number of carbonyl (C=O) groups is 3. The topological polar surface area (TPSA) is 125 Å². The standard InChI is InChI=1S/C20H21O9P/c1-26-12-7-5-8-13(27-2)17(12)19(23)30(25,11-16(21)22)20(24)18-14(28-3)9-6-10-15(18)29-4/h5-10H,11H2,1-4H3,(H,21,22). The molecule has 1 N–H and O–H groups in total. The van der Waals surface area contributed by atoms with Crippen LogP contribution in [0.15, 0.2) is 36.4 Å². The second-order valence-corrected chi connectivity index (χ2v) is 8.58. The molecule has 2 aromatic carbocycles. The smallest absolute Gasteiger partial charge is 0.311 e. The van der Waals surface area contributed by atoms with E-state index in [1.54, 1.807) is 0 Å². The summed E-state index contributed by atoms with van der Waals surface area (Å²) < 4.78 is 34.4. The first-order valence-electron chi connectivity index (χ1n) is 8.57. The third-order valence-electron chi connectivity index (χ3n) is 4.30. The molecule has 0 heterocycles. The molecule has 0 bridgehead atoms. The van der Waals surface area contributed by atoms with Crippen LogP contribution >= 0.6 is 7.14 Å². The third-order valence-corrected chi connectivity index (χ3v) is 6.77. The summed E-state index contributed by atoms with van der Waals surface area (Å²) in [5.74, 6) is -1.62. The summed E-state index contributed by atoms with van der Waals surface area (Å²) in [6.45, 7) is 0. The van der Waals surface area contributed by atoms with E-state index in [0.29, 0.717) is 0 Å². The molecular weight excluding hydrogens is 415 g/mol. The van der Waals surface area contributed by atoms with Crippen molar-refractivity contribution in [3.63, 3.8) is 0 Å². The molecule has 0 saturated carbocycles. The second-order valence-electron chi connectivity index (χ2n) is 5.98. The van der Waals surface area contributed by atoms with Crippen molar-refractivity contribution in [2.75, 3.05) is 34.6 Å². The SMILES string of the molecule is COc1cccc(OC)c1C(=O)P(=O)(CC(=O)O)C(=O)c1c(OC)cccc1OC. The fourth-order valence-electron chi connectivity index (χ4n) is 2.91. The van der Waals surface area contributed by atoms with Crippen molar-refractivity contribution in [3.8, 4) is 23.0 Å². The van der Waals surface area contributed by atoms with E-state index in [1.807, 2.05) is 0 Å². The summed E-state index contributed by atoms with van der Waals surface area (Å²) in [4.78, 5) is 38.3. The summed E-state index contributed by atoms with van der Waals surface area (Å²) >= 11 is 0. The first kappa shape index (κ1) is 23.0. The predicted octanol–water partition coefficient (Wildman–Crippen LogP) is 3.15. The molecule has 0 aliphatic rings. The Morgan fingerprint density at radius 2 is 1.03 bits per heavy atom. The second kappa shape index (κ2) is 9.45. The minimum atomic E-state index is -4.76. The molecule has 0 unspecified atom stereocenters. The van der Waals surface area contributed by atoms with Crippen LogP contribution < -0.4 is 18.9 Å². The van der Waals surface area contributed by atoms with Crippen LogP contribution in [0.1, 0.15) is 20.7 Å². The highest BCUT2D eigenvalue weighted by molar-refractivity contribution is 7.96. The van der Waals surface area contributed by atoms with Crippen LogP contribution in [0.4, 0.5) is 0 Å². The van der Waals surface area contributed by atoms with Gasteiger partial charge < -0.3 is 28.6 Å². The van der Waals surface area contributed by atoms with Crippen molar-refractivity contribution in [1.82, 2.24) is 0 Å². The van der Waals surface area contributed by atoms with Crippen LogP contribution in [0.25, 0.3) is 0 Å². The van der Waals surface area contributed by atoms with Gasteiger partial charge in [0.15, 0.2) is 0 Å². The van der Waals surface area contributed by atoms with Gasteiger partial charge in [0, 0.05) is 0 Å². The van der Waals surface area contributed by atoms with Gasteiger partial charge >= 0.3 is 5.97 Å². The van der Waals surface area contributed by atoms with Crippen LogP contribution in [-0.2, 0) is 9.36 Å². The molecule has 0 fully saturated rings. The number of methoxy groups -OCH3 is 4. The molecule has 0 aliphatic heterocycles. The molecule has 10 heteroatoms. The lowest BCUT2D eigenvalue weighted by Gasteiger charge is -2.20. The van der Waals surface area contributed by atoms with Gasteiger partial charge in [0.1, 0.15) is 40.3 Å². The van der Waals surface area contributed by atoms with Gasteiger partial charge in [0.25, 0.3) is 0 Å². The lowest BCUT2D eigenvalue weighted by atomic mass is 10.2. The first-order valence-corrected chi connectivity index (χ1v) is 10.5. The van der Waals surface area contributed by atoms with E-state index in [2.05, 4.69) is 0 Å².